The molecular weight excluding hydrogens is 304 g/mol. The molecule has 2 heterocycles. The van der Waals surface area contributed by atoms with E-state index in [1.54, 1.807) is 25.2 Å². The lowest BCUT2D eigenvalue weighted by atomic mass is 10.3. The van der Waals surface area contributed by atoms with Crippen LogP contribution in [0, 0.1) is 13.8 Å². The lowest BCUT2D eigenvalue weighted by Gasteiger charge is -2.11. The van der Waals surface area contributed by atoms with Gasteiger partial charge in [0, 0.05) is 15.4 Å². The number of thiophene rings is 1. The van der Waals surface area contributed by atoms with E-state index in [2.05, 4.69) is 9.71 Å². The molecule has 0 saturated carbocycles. The Kier molecular flexibility index (Phi) is 3.95. The van der Waals surface area contributed by atoms with E-state index in [-0.39, 0.29) is 15.1 Å². The Morgan fingerprint density at radius 3 is 2.42 bits per heavy atom. The second-order valence-electron chi connectivity index (χ2n) is 4.22. The number of thiazole rings is 1. The molecule has 1 atom stereocenters. The van der Waals surface area contributed by atoms with E-state index in [0.717, 1.165) is 9.75 Å². The van der Waals surface area contributed by atoms with Gasteiger partial charge in [-0.25, -0.2) is 13.1 Å². The molecule has 0 saturated heterocycles. The van der Waals surface area contributed by atoms with Gasteiger partial charge in [0.25, 0.3) is 10.0 Å². The molecule has 0 amide bonds. The SMILES string of the molecule is Cc1ccc(C(C)NS(=O)(=O)c2sc(=O)[nH]c2C)s1. The molecule has 19 heavy (non-hydrogen) atoms. The fraction of sp³-hybridized carbons (Fsp3) is 0.364. The second-order valence-corrected chi connectivity index (χ2v) is 8.43. The number of nitrogens with one attached hydrogen (secondary N) is 2. The van der Waals surface area contributed by atoms with Gasteiger partial charge in [0.2, 0.25) is 0 Å². The average molecular weight is 318 g/mol. The summed E-state index contributed by atoms with van der Waals surface area (Å²) in [7, 11) is -3.66. The van der Waals surface area contributed by atoms with E-state index >= 15 is 0 Å². The fourth-order valence-corrected chi connectivity index (χ4v) is 5.17. The van der Waals surface area contributed by atoms with Crippen molar-refractivity contribution in [1.82, 2.24) is 9.71 Å². The quantitative estimate of drug-likeness (QED) is 0.906. The van der Waals surface area contributed by atoms with Crippen LogP contribution in [0.4, 0.5) is 0 Å². The molecule has 0 spiro atoms. The predicted molar refractivity (Wildman–Crippen MR) is 77.5 cm³/mol. The van der Waals surface area contributed by atoms with Crippen molar-refractivity contribution in [2.75, 3.05) is 0 Å². The Morgan fingerprint density at radius 2 is 1.95 bits per heavy atom. The smallest absolute Gasteiger partial charge is 0.305 e. The molecule has 0 fully saturated rings. The third kappa shape index (κ3) is 3.14. The van der Waals surface area contributed by atoms with Crippen molar-refractivity contribution in [2.45, 2.75) is 31.0 Å². The minimum Gasteiger partial charge on any atom is -0.315 e. The number of H-pyrrole nitrogens is 1. The first-order valence-electron chi connectivity index (χ1n) is 5.58. The standard InChI is InChI=1S/C11H14N2O3S3/c1-6-4-5-9(17-6)7(2)13-19(15,16)10-8(3)12-11(14)18-10/h4-5,7,13H,1-3H3,(H,12,14). The van der Waals surface area contributed by atoms with E-state index < -0.39 is 10.0 Å². The third-order valence-electron chi connectivity index (χ3n) is 2.55. The van der Waals surface area contributed by atoms with Gasteiger partial charge in [0.05, 0.1) is 6.04 Å². The van der Waals surface area contributed by atoms with Crippen molar-refractivity contribution in [2.24, 2.45) is 0 Å². The Labute approximate surface area is 119 Å². The Hall–Kier alpha value is -0.960. The number of aryl methyl sites for hydroxylation is 2. The summed E-state index contributed by atoms with van der Waals surface area (Å²) in [4.78, 5) is 15.4. The van der Waals surface area contributed by atoms with Gasteiger partial charge in [-0.15, -0.1) is 11.3 Å². The first-order valence-corrected chi connectivity index (χ1v) is 8.69. The number of aromatic nitrogens is 1. The van der Waals surface area contributed by atoms with Crippen LogP contribution in [0.1, 0.15) is 28.4 Å². The first kappa shape index (κ1) is 14.4. The minimum absolute atomic E-state index is 0.0534. The molecule has 0 aliphatic rings. The van der Waals surface area contributed by atoms with Gasteiger partial charge in [0.1, 0.15) is 0 Å². The van der Waals surface area contributed by atoms with Crippen LogP contribution >= 0.6 is 22.7 Å². The van der Waals surface area contributed by atoms with Crippen molar-refractivity contribution in [3.63, 3.8) is 0 Å². The van der Waals surface area contributed by atoms with Crippen LogP contribution in [-0.2, 0) is 10.0 Å². The molecule has 2 rings (SSSR count). The van der Waals surface area contributed by atoms with Gasteiger partial charge in [-0.3, -0.25) is 4.79 Å². The van der Waals surface area contributed by atoms with Crippen LogP contribution in [0.25, 0.3) is 0 Å². The number of rotatable bonds is 4. The molecule has 0 radical (unpaired) electrons. The van der Waals surface area contributed by atoms with Crippen LogP contribution in [0.3, 0.4) is 0 Å². The van der Waals surface area contributed by atoms with Crippen LogP contribution in [0.2, 0.25) is 0 Å². The summed E-state index contributed by atoms with van der Waals surface area (Å²) in [6, 6.07) is 3.53. The van der Waals surface area contributed by atoms with Crippen molar-refractivity contribution in [3.8, 4) is 0 Å². The Balaban J connectivity index is 2.27. The van der Waals surface area contributed by atoms with Gasteiger partial charge in [-0.1, -0.05) is 11.3 Å². The largest absolute Gasteiger partial charge is 0.315 e. The number of sulfonamides is 1. The molecule has 2 aromatic heterocycles. The highest BCUT2D eigenvalue weighted by Gasteiger charge is 2.23. The third-order valence-corrected chi connectivity index (χ3v) is 6.87. The number of hydrogen-bond donors (Lipinski definition) is 2. The van der Waals surface area contributed by atoms with Crippen molar-refractivity contribution in [1.29, 1.82) is 0 Å². The van der Waals surface area contributed by atoms with Crippen LogP contribution in [-0.4, -0.2) is 13.4 Å². The minimum atomic E-state index is -3.66. The Bertz CT molecular complexity index is 739. The molecular formula is C11H14N2O3S3. The van der Waals surface area contributed by atoms with Crippen LogP contribution in [0.5, 0.6) is 0 Å². The van der Waals surface area contributed by atoms with Gasteiger partial charge in [-0.05, 0) is 32.9 Å². The van der Waals surface area contributed by atoms with E-state index in [1.807, 2.05) is 19.1 Å². The molecule has 8 heteroatoms. The van der Waals surface area contributed by atoms with Crippen molar-refractivity contribution in [3.05, 3.63) is 37.2 Å². The summed E-state index contributed by atoms with van der Waals surface area (Å²) in [5.74, 6) is 0. The molecule has 0 aliphatic heterocycles. The highest BCUT2D eigenvalue weighted by atomic mass is 32.2. The van der Waals surface area contributed by atoms with Gasteiger partial charge in [-0.2, -0.15) is 0 Å². The summed E-state index contributed by atoms with van der Waals surface area (Å²) >= 11 is 2.25. The zero-order valence-electron chi connectivity index (χ0n) is 10.7. The average Bonchev–Trinajstić information content (AvgIpc) is 2.84. The summed E-state index contributed by atoms with van der Waals surface area (Å²) in [6.07, 6.45) is 0. The summed E-state index contributed by atoms with van der Waals surface area (Å²) in [6.45, 7) is 5.33. The lowest BCUT2D eigenvalue weighted by molar-refractivity contribution is 0.570. The number of hydrogen-bond acceptors (Lipinski definition) is 5. The highest BCUT2D eigenvalue weighted by Crippen LogP contribution is 2.25. The molecule has 2 N–H and O–H groups in total. The van der Waals surface area contributed by atoms with E-state index in [0.29, 0.717) is 17.0 Å². The summed E-state index contributed by atoms with van der Waals surface area (Å²) in [5, 5.41) is 0. The molecule has 2 aromatic rings. The topological polar surface area (TPSA) is 79.0 Å². The maximum atomic E-state index is 12.2. The fourth-order valence-electron chi connectivity index (χ4n) is 1.68. The normalized spacial score (nSPS) is 13.6. The molecule has 1 unspecified atom stereocenters. The molecule has 104 valence electrons. The Morgan fingerprint density at radius 1 is 1.26 bits per heavy atom. The van der Waals surface area contributed by atoms with E-state index in [9.17, 15) is 13.2 Å². The van der Waals surface area contributed by atoms with Crippen molar-refractivity contribution < 1.29 is 8.42 Å². The summed E-state index contributed by atoms with van der Waals surface area (Å²) in [5.41, 5.74) is 0.372. The zero-order chi connectivity index (χ0) is 14.2. The molecule has 0 bridgehead atoms. The molecule has 0 aliphatic carbocycles. The number of aromatic amines is 1. The maximum absolute atomic E-state index is 12.2. The van der Waals surface area contributed by atoms with Crippen LogP contribution in [0.15, 0.2) is 21.1 Å². The van der Waals surface area contributed by atoms with E-state index in [4.69, 9.17) is 0 Å². The first-order chi connectivity index (χ1) is 8.79. The van der Waals surface area contributed by atoms with Crippen LogP contribution < -0.4 is 9.60 Å². The van der Waals surface area contributed by atoms with Gasteiger partial charge >= 0.3 is 4.87 Å². The lowest BCUT2D eigenvalue weighted by Crippen LogP contribution is -2.26. The van der Waals surface area contributed by atoms with Gasteiger partial charge < -0.3 is 4.98 Å². The maximum Gasteiger partial charge on any atom is 0.305 e. The van der Waals surface area contributed by atoms with Gasteiger partial charge in [0.15, 0.2) is 4.21 Å². The molecule has 0 aromatic carbocycles. The van der Waals surface area contributed by atoms with E-state index in [1.165, 1.54) is 0 Å². The second kappa shape index (κ2) is 5.20. The molecule has 5 nitrogen and oxygen atoms in total. The monoisotopic (exact) mass is 318 g/mol. The van der Waals surface area contributed by atoms with Crippen molar-refractivity contribution >= 4 is 32.7 Å². The highest BCUT2D eigenvalue weighted by molar-refractivity contribution is 7.91. The predicted octanol–water partition coefficient (Wildman–Crippen LogP) is 2.15. The summed E-state index contributed by atoms with van der Waals surface area (Å²) < 4.78 is 27.0. The zero-order valence-corrected chi connectivity index (χ0v) is 13.1.